The molecule has 0 saturated heterocycles. The average Bonchev–Trinajstić information content (AvgIpc) is 2.71. The van der Waals surface area contributed by atoms with Gasteiger partial charge in [-0.3, -0.25) is 9.59 Å². The van der Waals surface area contributed by atoms with Gasteiger partial charge in [-0.15, -0.1) is 0 Å². The molecule has 0 fully saturated rings. The molecule has 3 rings (SSSR count). The van der Waals surface area contributed by atoms with Gasteiger partial charge in [-0.05, 0) is 35.9 Å². The second-order valence-electron chi connectivity index (χ2n) is 4.62. The first-order chi connectivity index (χ1) is 10.5. The maximum Gasteiger partial charge on any atom is 0.277 e. The standard InChI is InChI=1S/C16H8Cl2FNO2/c17-10-6-4-9(5-7-10)13-14(18)16(22)20(15(13)21)12-3-1-2-11(19)8-12/h1-8H. The number of halogens is 3. The highest BCUT2D eigenvalue weighted by atomic mass is 35.5. The molecule has 6 heteroatoms. The number of carbonyl (C=O) groups excluding carboxylic acids is 2. The van der Waals surface area contributed by atoms with Gasteiger partial charge in [-0.1, -0.05) is 41.4 Å². The van der Waals surface area contributed by atoms with Crippen LogP contribution in [0.3, 0.4) is 0 Å². The van der Waals surface area contributed by atoms with Gasteiger partial charge >= 0.3 is 0 Å². The molecule has 2 amide bonds. The molecule has 1 heterocycles. The molecule has 2 aromatic rings. The number of hydrogen-bond acceptors (Lipinski definition) is 2. The van der Waals surface area contributed by atoms with E-state index >= 15 is 0 Å². The second-order valence-corrected chi connectivity index (χ2v) is 5.44. The van der Waals surface area contributed by atoms with Crippen molar-refractivity contribution in [3.8, 4) is 0 Å². The van der Waals surface area contributed by atoms with Gasteiger partial charge in [0.05, 0.1) is 11.3 Å². The van der Waals surface area contributed by atoms with Crippen molar-refractivity contribution in [3.63, 3.8) is 0 Å². The zero-order chi connectivity index (χ0) is 15.9. The van der Waals surface area contributed by atoms with Crippen molar-refractivity contribution in [3.05, 3.63) is 70.0 Å². The van der Waals surface area contributed by atoms with Crippen LogP contribution in [0, 0.1) is 5.82 Å². The molecule has 3 nitrogen and oxygen atoms in total. The maximum absolute atomic E-state index is 13.3. The molecule has 0 unspecified atom stereocenters. The average molecular weight is 336 g/mol. The van der Waals surface area contributed by atoms with Gasteiger partial charge < -0.3 is 0 Å². The van der Waals surface area contributed by atoms with Gasteiger partial charge in [0.25, 0.3) is 11.8 Å². The zero-order valence-corrected chi connectivity index (χ0v) is 12.5. The molecule has 0 spiro atoms. The summed E-state index contributed by atoms with van der Waals surface area (Å²) in [6.45, 7) is 0. The molecule has 1 aliphatic heterocycles. The molecule has 0 saturated carbocycles. The smallest absolute Gasteiger partial charge is 0.268 e. The zero-order valence-electron chi connectivity index (χ0n) is 11.0. The van der Waals surface area contributed by atoms with E-state index in [4.69, 9.17) is 23.2 Å². The van der Waals surface area contributed by atoms with E-state index in [1.165, 1.54) is 18.2 Å². The van der Waals surface area contributed by atoms with Crippen LogP contribution in [0.1, 0.15) is 5.56 Å². The van der Waals surface area contributed by atoms with Crippen molar-refractivity contribution >= 4 is 46.3 Å². The number of hydrogen-bond donors (Lipinski definition) is 0. The molecule has 0 bridgehead atoms. The van der Waals surface area contributed by atoms with E-state index in [1.54, 1.807) is 24.3 Å². The summed E-state index contributed by atoms with van der Waals surface area (Å²) >= 11 is 11.8. The predicted octanol–water partition coefficient (Wildman–Crippen LogP) is 4.00. The summed E-state index contributed by atoms with van der Waals surface area (Å²) in [5.74, 6) is -1.82. The van der Waals surface area contributed by atoms with Crippen molar-refractivity contribution in [2.75, 3.05) is 4.90 Å². The van der Waals surface area contributed by atoms with E-state index in [9.17, 15) is 14.0 Å². The second kappa shape index (κ2) is 5.55. The van der Waals surface area contributed by atoms with Gasteiger partial charge in [0, 0.05) is 5.02 Å². The molecular weight excluding hydrogens is 328 g/mol. The minimum absolute atomic E-state index is 0.0765. The summed E-state index contributed by atoms with van der Waals surface area (Å²) in [6.07, 6.45) is 0. The number of nitrogens with zero attached hydrogens (tertiary/aromatic N) is 1. The van der Waals surface area contributed by atoms with E-state index in [-0.39, 0.29) is 16.3 Å². The summed E-state index contributed by atoms with van der Waals surface area (Å²) in [5, 5.41) is 0.302. The minimum atomic E-state index is -0.679. The Labute approximate surface area is 135 Å². The van der Waals surface area contributed by atoms with Crippen LogP contribution in [0.25, 0.3) is 5.57 Å². The molecule has 0 atom stereocenters. The van der Waals surface area contributed by atoms with Crippen molar-refractivity contribution in [2.45, 2.75) is 0 Å². The maximum atomic E-state index is 13.3. The molecule has 2 aromatic carbocycles. The van der Waals surface area contributed by atoms with Gasteiger partial charge in [-0.2, -0.15) is 0 Å². The molecule has 110 valence electrons. The first-order valence-corrected chi connectivity index (χ1v) is 7.04. The molecule has 0 aliphatic carbocycles. The fraction of sp³-hybridized carbons (Fsp3) is 0. The van der Waals surface area contributed by atoms with Crippen molar-refractivity contribution in [1.29, 1.82) is 0 Å². The lowest BCUT2D eigenvalue weighted by atomic mass is 10.1. The van der Waals surface area contributed by atoms with Gasteiger partial charge in [-0.25, -0.2) is 9.29 Å². The van der Waals surface area contributed by atoms with Gasteiger partial charge in [0.15, 0.2) is 0 Å². The fourth-order valence-corrected chi connectivity index (χ4v) is 2.62. The Morgan fingerprint density at radius 1 is 0.909 bits per heavy atom. The van der Waals surface area contributed by atoms with E-state index in [1.807, 2.05) is 0 Å². The van der Waals surface area contributed by atoms with Crippen LogP contribution < -0.4 is 4.90 Å². The third-order valence-electron chi connectivity index (χ3n) is 3.23. The van der Waals surface area contributed by atoms with Crippen molar-refractivity contribution < 1.29 is 14.0 Å². The van der Waals surface area contributed by atoms with Gasteiger partial charge in [0.1, 0.15) is 10.8 Å². The van der Waals surface area contributed by atoms with Crippen LogP contribution >= 0.6 is 23.2 Å². The lowest BCUT2D eigenvalue weighted by Crippen LogP contribution is -2.31. The molecule has 0 radical (unpaired) electrons. The third-order valence-corrected chi connectivity index (χ3v) is 3.83. The Balaban J connectivity index is 2.05. The van der Waals surface area contributed by atoms with E-state index in [0.717, 1.165) is 11.0 Å². The quantitative estimate of drug-likeness (QED) is 0.778. The van der Waals surface area contributed by atoms with Gasteiger partial charge in [0.2, 0.25) is 0 Å². The molecule has 0 aromatic heterocycles. The number of rotatable bonds is 2. The van der Waals surface area contributed by atoms with E-state index < -0.39 is 17.6 Å². The Bertz CT molecular complexity index is 815. The summed E-state index contributed by atoms with van der Waals surface area (Å²) in [5.41, 5.74) is 0.691. The lowest BCUT2D eigenvalue weighted by molar-refractivity contribution is -0.119. The number of amides is 2. The number of carbonyl (C=O) groups is 2. The molecular formula is C16H8Cl2FNO2. The van der Waals surface area contributed by atoms with Crippen LogP contribution in [0.15, 0.2) is 53.6 Å². The number of anilines is 1. The Morgan fingerprint density at radius 3 is 2.23 bits per heavy atom. The summed E-state index contributed by atoms with van der Waals surface area (Å²) in [4.78, 5) is 25.6. The first kappa shape index (κ1) is 14.8. The topological polar surface area (TPSA) is 37.4 Å². The monoisotopic (exact) mass is 335 g/mol. The highest BCUT2D eigenvalue weighted by Gasteiger charge is 2.39. The Morgan fingerprint density at radius 2 is 1.59 bits per heavy atom. The largest absolute Gasteiger partial charge is 0.277 e. The highest BCUT2D eigenvalue weighted by Crippen LogP contribution is 2.35. The SMILES string of the molecule is O=C1C(Cl)=C(c2ccc(Cl)cc2)C(=O)N1c1cccc(F)c1. The third kappa shape index (κ3) is 2.40. The van der Waals surface area contributed by atoms with Crippen molar-refractivity contribution in [1.82, 2.24) is 0 Å². The van der Waals surface area contributed by atoms with Crippen LogP contribution in [-0.2, 0) is 9.59 Å². The molecule has 0 N–H and O–H groups in total. The number of benzene rings is 2. The van der Waals surface area contributed by atoms with Crippen LogP contribution in [0.5, 0.6) is 0 Å². The first-order valence-electron chi connectivity index (χ1n) is 6.29. The van der Waals surface area contributed by atoms with Crippen molar-refractivity contribution in [2.24, 2.45) is 0 Å². The highest BCUT2D eigenvalue weighted by molar-refractivity contribution is 6.60. The van der Waals surface area contributed by atoms with Crippen LogP contribution in [0.2, 0.25) is 5.02 Å². The summed E-state index contributed by atoms with van der Waals surface area (Å²) < 4.78 is 13.3. The Hall–Kier alpha value is -2.17. The van der Waals surface area contributed by atoms with Crippen LogP contribution in [0.4, 0.5) is 10.1 Å². The fourth-order valence-electron chi connectivity index (χ4n) is 2.22. The number of imide groups is 1. The van der Waals surface area contributed by atoms with E-state index in [2.05, 4.69) is 0 Å². The summed E-state index contributed by atoms with van der Waals surface area (Å²) in [6, 6.07) is 11.6. The van der Waals surface area contributed by atoms with E-state index in [0.29, 0.717) is 10.6 Å². The van der Waals surface area contributed by atoms with Crippen LogP contribution in [-0.4, -0.2) is 11.8 Å². The Kier molecular flexibility index (Phi) is 3.72. The predicted molar refractivity (Wildman–Crippen MR) is 83.1 cm³/mol. The minimum Gasteiger partial charge on any atom is -0.268 e. The molecule has 22 heavy (non-hydrogen) atoms. The molecule has 1 aliphatic rings. The summed E-state index contributed by atoms with van der Waals surface area (Å²) in [7, 11) is 0. The lowest BCUT2D eigenvalue weighted by Gasteiger charge is -2.14. The normalized spacial score (nSPS) is 15.0.